The number of benzene rings is 2. The first-order valence-corrected chi connectivity index (χ1v) is 10.1. The van der Waals surface area contributed by atoms with Crippen LogP contribution in [0.2, 0.25) is 0 Å². The Morgan fingerprint density at radius 3 is 2.69 bits per heavy atom. The molecule has 1 atom stereocenters. The van der Waals surface area contributed by atoms with Crippen molar-refractivity contribution in [3.8, 4) is 0 Å². The Labute approximate surface area is 177 Å². The summed E-state index contributed by atoms with van der Waals surface area (Å²) in [6.07, 6.45) is 3.19. The Morgan fingerprint density at radius 1 is 1.24 bits per heavy atom. The Hall–Kier alpha value is -2.93. The number of carbonyl (C=O) groups is 3. The summed E-state index contributed by atoms with van der Waals surface area (Å²) in [5.74, 6) is -1.07. The number of esters is 1. The summed E-state index contributed by atoms with van der Waals surface area (Å²) in [4.78, 5) is 37.9. The molecule has 0 radical (unpaired) electrons. The number of hydrogen-bond acceptors (Lipinski definition) is 4. The summed E-state index contributed by atoms with van der Waals surface area (Å²) >= 11 is 3.40. The van der Waals surface area contributed by atoms with Crippen LogP contribution in [0.1, 0.15) is 18.9 Å². The summed E-state index contributed by atoms with van der Waals surface area (Å²) in [5, 5.41) is 2.86. The quantitative estimate of drug-likeness (QED) is 0.526. The van der Waals surface area contributed by atoms with Crippen molar-refractivity contribution in [1.82, 2.24) is 0 Å². The lowest BCUT2D eigenvalue weighted by molar-refractivity contribution is -0.137. The average Bonchev–Trinajstić information content (AvgIpc) is 3.09. The number of nitrogens with one attached hydrogen (secondary N) is 1. The van der Waals surface area contributed by atoms with Gasteiger partial charge >= 0.3 is 5.97 Å². The van der Waals surface area contributed by atoms with Crippen LogP contribution in [0.5, 0.6) is 0 Å². The smallest absolute Gasteiger partial charge is 0.330 e. The van der Waals surface area contributed by atoms with Gasteiger partial charge < -0.3 is 15.0 Å². The van der Waals surface area contributed by atoms with E-state index in [0.717, 1.165) is 15.7 Å². The molecule has 1 saturated heterocycles. The first-order chi connectivity index (χ1) is 14.0. The zero-order valence-electron chi connectivity index (χ0n) is 15.9. The highest BCUT2D eigenvalue weighted by atomic mass is 79.9. The molecule has 1 aliphatic heterocycles. The molecule has 1 heterocycles. The average molecular weight is 457 g/mol. The molecule has 150 valence electrons. The van der Waals surface area contributed by atoms with Crippen molar-refractivity contribution in [3.05, 3.63) is 64.6 Å². The van der Waals surface area contributed by atoms with Crippen LogP contribution in [0.4, 0.5) is 11.4 Å². The lowest BCUT2D eigenvalue weighted by Crippen LogP contribution is -2.28. The minimum atomic E-state index is -0.412. The maximum atomic E-state index is 12.6. The Morgan fingerprint density at radius 2 is 2.00 bits per heavy atom. The molecule has 1 aliphatic rings. The van der Waals surface area contributed by atoms with E-state index < -0.39 is 11.9 Å². The fourth-order valence-electron chi connectivity index (χ4n) is 3.05. The van der Waals surface area contributed by atoms with Gasteiger partial charge in [-0.2, -0.15) is 0 Å². The zero-order valence-corrected chi connectivity index (χ0v) is 17.5. The summed E-state index contributed by atoms with van der Waals surface area (Å²) in [6, 6.07) is 14.6. The summed E-state index contributed by atoms with van der Waals surface area (Å²) < 4.78 is 5.72. The molecule has 3 rings (SSSR count). The van der Waals surface area contributed by atoms with Crippen LogP contribution in [0, 0.1) is 5.92 Å². The molecule has 2 amide bonds. The normalized spacial score (nSPS) is 16.3. The van der Waals surface area contributed by atoms with Gasteiger partial charge in [-0.05, 0) is 48.9 Å². The first-order valence-electron chi connectivity index (χ1n) is 9.28. The SMILES string of the molecule is CCOC(=O)/C=C/c1ccc(NC(=O)C2CC(=O)N(c3cccc(Br)c3)C2)cc1. The minimum absolute atomic E-state index is 0.0669. The molecule has 2 aromatic carbocycles. The van der Waals surface area contributed by atoms with E-state index in [1.807, 2.05) is 24.3 Å². The predicted octanol–water partition coefficient (Wildman–Crippen LogP) is 4.02. The molecule has 2 aromatic rings. The molecule has 0 aliphatic carbocycles. The van der Waals surface area contributed by atoms with E-state index in [1.54, 1.807) is 42.2 Å². The maximum absolute atomic E-state index is 12.6. The molecule has 0 aromatic heterocycles. The number of amides is 2. The zero-order chi connectivity index (χ0) is 20.8. The standard InChI is InChI=1S/C22H21BrN2O4/c1-2-29-21(27)11-8-15-6-9-18(10-7-15)24-22(28)16-12-20(26)25(14-16)19-5-3-4-17(23)13-19/h3-11,13,16H,2,12,14H2,1H3,(H,24,28)/b11-8+. The fraction of sp³-hybridized carbons (Fsp3) is 0.227. The third-order valence-corrected chi connectivity index (χ3v) is 4.99. The van der Waals surface area contributed by atoms with E-state index in [1.165, 1.54) is 6.08 Å². The van der Waals surface area contributed by atoms with Crippen LogP contribution in [0.25, 0.3) is 6.08 Å². The second kappa shape index (κ2) is 9.52. The second-order valence-corrected chi connectivity index (χ2v) is 7.50. The first kappa shape index (κ1) is 20.8. The molecule has 1 N–H and O–H groups in total. The molecule has 6 nitrogen and oxygen atoms in total. The van der Waals surface area contributed by atoms with Gasteiger partial charge in [0.2, 0.25) is 11.8 Å². The van der Waals surface area contributed by atoms with E-state index in [4.69, 9.17) is 4.74 Å². The third-order valence-electron chi connectivity index (χ3n) is 4.49. The molecule has 1 fully saturated rings. The van der Waals surface area contributed by atoms with E-state index in [2.05, 4.69) is 21.2 Å². The van der Waals surface area contributed by atoms with Gasteiger partial charge in [0.05, 0.1) is 12.5 Å². The topological polar surface area (TPSA) is 75.7 Å². The molecule has 0 saturated carbocycles. The van der Waals surface area contributed by atoms with Crippen molar-refractivity contribution < 1.29 is 19.1 Å². The van der Waals surface area contributed by atoms with Gasteiger partial charge in [-0.15, -0.1) is 0 Å². The van der Waals surface area contributed by atoms with Crippen LogP contribution in [0.3, 0.4) is 0 Å². The number of anilines is 2. The monoisotopic (exact) mass is 456 g/mol. The highest BCUT2D eigenvalue weighted by molar-refractivity contribution is 9.10. The van der Waals surface area contributed by atoms with E-state index in [0.29, 0.717) is 18.8 Å². The van der Waals surface area contributed by atoms with Gasteiger partial charge in [-0.3, -0.25) is 9.59 Å². The Kier molecular flexibility index (Phi) is 6.82. The van der Waals surface area contributed by atoms with E-state index >= 15 is 0 Å². The number of rotatable bonds is 6. The van der Waals surface area contributed by atoms with Gasteiger partial charge in [0.1, 0.15) is 0 Å². The highest BCUT2D eigenvalue weighted by Gasteiger charge is 2.35. The van der Waals surface area contributed by atoms with E-state index in [9.17, 15) is 14.4 Å². The maximum Gasteiger partial charge on any atom is 0.330 e. The Balaban J connectivity index is 1.59. The van der Waals surface area contributed by atoms with Crippen molar-refractivity contribution in [2.75, 3.05) is 23.4 Å². The molecule has 7 heteroatoms. The van der Waals surface area contributed by atoms with Gasteiger partial charge in [-0.1, -0.05) is 34.1 Å². The van der Waals surface area contributed by atoms with Crippen molar-refractivity contribution in [1.29, 1.82) is 0 Å². The van der Waals surface area contributed by atoms with Crippen molar-refractivity contribution in [2.45, 2.75) is 13.3 Å². The molecule has 1 unspecified atom stereocenters. The minimum Gasteiger partial charge on any atom is -0.463 e. The summed E-state index contributed by atoms with van der Waals surface area (Å²) in [7, 11) is 0. The molecular formula is C22H21BrN2O4. The lowest BCUT2D eigenvalue weighted by Gasteiger charge is -2.17. The number of carbonyl (C=O) groups excluding carboxylic acids is 3. The van der Waals surface area contributed by atoms with Gasteiger partial charge in [0.15, 0.2) is 0 Å². The van der Waals surface area contributed by atoms with Gasteiger partial charge in [-0.25, -0.2) is 4.79 Å². The largest absolute Gasteiger partial charge is 0.463 e. The van der Waals surface area contributed by atoms with Crippen LogP contribution in [-0.2, 0) is 19.1 Å². The fourth-order valence-corrected chi connectivity index (χ4v) is 3.44. The van der Waals surface area contributed by atoms with E-state index in [-0.39, 0.29) is 18.2 Å². The Bertz CT molecular complexity index is 940. The lowest BCUT2D eigenvalue weighted by atomic mass is 10.1. The molecule has 0 bridgehead atoms. The second-order valence-electron chi connectivity index (χ2n) is 6.58. The third kappa shape index (κ3) is 5.54. The van der Waals surface area contributed by atoms with Crippen LogP contribution < -0.4 is 10.2 Å². The highest BCUT2D eigenvalue weighted by Crippen LogP contribution is 2.28. The van der Waals surface area contributed by atoms with Crippen LogP contribution in [-0.4, -0.2) is 30.9 Å². The summed E-state index contributed by atoms with van der Waals surface area (Å²) in [6.45, 7) is 2.43. The number of halogens is 1. The molecular weight excluding hydrogens is 436 g/mol. The number of ether oxygens (including phenoxy) is 1. The predicted molar refractivity (Wildman–Crippen MR) is 115 cm³/mol. The van der Waals surface area contributed by atoms with Crippen LogP contribution in [0.15, 0.2) is 59.1 Å². The van der Waals surface area contributed by atoms with Crippen molar-refractivity contribution in [2.24, 2.45) is 5.92 Å². The number of hydrogen-bond donors (Lipinski definition) is 1. The number of nitrogens with zero attached hydrogens (tertiary/aromatic N) is 1. The van der Waals surface area contributed by atoms with Crippen molar-refractivity contribution in [3.63, 3.8) is 0 Å². The van der Waals surface area contributed by atoms with Crippen LogP contribution >= 0.6 is 15.9 Å². The molecule has 0 spiro atoms. The van der Waals surface area contributed by atoms with Gasteiger partial charge in [0, 0.05) is 34.9 Å². The van der Waals surface area contributed by atoms with Crippen molar-refractivity contribution >= 4 is 51.2 Å². The van der Waals surface area contributed by atoms with Gasteiger partial charge in [0.25, 0.3) is 0 Å². The summed E-state index contributed by atoms with van der Waals surface area (Å²) in [5.41, 5.74) is 2.22. The molecule has 29 heavy (non-hydrogen) atoms.